The lowest BCUT2D eigenvalue weighted by Gasteiger charge is -2.04. The summed E-state index contributed by atoms with van der Waals surface area (Å²) >= 11 is 11.8. The number of nitrogen functional groups attached to an aromatic ring is 1. The molecule has 1 aromatic carbocycles. The summed E-state index contributed by atoms with van der Waals surface area (Å²) < 4.78 is 2.21. The first-order chi connectivity index (χ1) is 10.7. The highest BCUT2D eigenvalue weighted by Crippen LogP contribution is 2.29. The van der Waals surface area contributed by atoms with Crippen LogP contribution in [0.15, 0.2) is 34.0 Å². The van der Waals surface area contributed by atoms with Crippen molar-refractivity contribution in [3.63, 3.8) is 0 Å². The van der Waals surface area contributed by atoms with Gasteiger partial charge in [-0.25, -0.2) is 4.79 Å². The second kappa shape index (κ2) is 6.44. The van der Waals surface area contributed by atoms with E-state index in [-0.39, 0.29) is 26.9 Å². The molecule has 2 rings (SSSR count). The molecule has 0 saturated heterocycles. The number of halogens is 2. The van der Waals surface area contributed by atoms with E-state index in [1.54, 1.807) is 0 Å². The molecule has 6 nitrogen and oxygen atoms in total. The van der Waals surface area contributed by atoms with Crippen molar-refractivity contribution in [3.05, 3.63) is 66.4 Å². The van der Waals surface area contributed by atoms with E-state index >= 15 is 0 Å². The van der Waals surface area contributed by atoms with Crippen LogP contribution in [0.25, 0.3) is 6.08 Å². The summed E-state index contributed by atoms with van der Waals surface area (Å²) in [4.78, 5) is 35.7. The van der Waals surface area contributed by atoms with E-state index < -0.39 is 17.0 Å². The molecule has 0 aliphatic carbocycles. The van der Waals surface area contributed by atoms with Crippen molar-refractivity contribution in [2.75, 3.05) is 5.73 Å². The van der Waals surface area contributed by atoms with E-state index in [2.05, 4.69) is 0 Å². The number of benzene rings is 1. The molecule has 120 valence electrons. The number of aryl methyl sites for hydroxylation is 1. The van der Waals surface area contributed by atoms with Gasteiger partial charge in [-0.2, -0.15) is 0 Å². The van der Waals surface area contributed by atoms with Crippen molar-refractivity contribution in [3.8, 4) is 0 Å². The maximum absolute atomic E-state index is 12.2. The van der Waals surface area contributed by atoms with Crippen molar-refractivity contribution in [1.82, 2.24) is 9.13 Å². The average Bonchev–Trinajstić information content (AvgIpc) is 2.51. The fourth-order valence-electron chi connectivity index (χ4n) is 1.94. The molecule has 23 heavy (non-hydrogen) atoms. The number of hydrogen-bond acceptors (Lipinski definition) is 4. The first kappa shape index (κ1) is 17.1. The molecule has 2 N–H and O–H groups in total. The zero-order chi connectivity index (χ0) is 17.3. The lowest BCUT2D eigenvalue weighted by Crippen LogP contribution is -2.37. The first-order valence-corrected chi connectivity index (χ1v) is 7.21. The molecule has 0 unspecified atom stereocenters. The van der Waals surface area contributed by atoms with Gasteiger partial charge in [-0.15, -0.1) is 0 Å². The predicted molar refractivity (Wildman–Crippen MR) is 91.2 cm³/mol. The highest BCUT2D eigenvalue weighted by molar-refractivity contribution is 6.39. The Kier molecular flexibility index (Phi) is 4.77. The van der Waals surface area contributed by atoms with Crippen LogP contribution in [-0.2, 0) is 14.1 Å². The summed E-state index contributed by atoms with van der Waals surface area (Å²) in [6, 6.07) is 2.79. The molecule has 0 radical (unpaired) electrons. The van der Waals surface area contributed by atoms with Crippen LogP contribution in [0, 0.1) is 0 Å². The third-order valence-corrected chi connectivity index (χ3v) is 3.88. The number of nitrogens with two attached hydrogens (primary N) is 1. The number of nitrogens with zero attached hydrogens (tertiary/aromatic N) is 2. The Morgan fingerprint density at radius 3 is 2.30 bits per heavy atom. The number of rotatable bonds is 3. The van der Waals surface area contributed by atoms with Gasteiger partial charge >= 0.3 is 5.69 Å². The Morgan fingerprint density at radius 2 is 1.74 bits per heavy atom. The summed E-state index contributed by atoms with van der Waals surface area (Å²) in [5.74, 6) is -0.398. The number of carbonyl (C=O) groups excluding carboxylic acids is 1. The summed E-state index contributed by atoms with van der Waals surface area (Å²) in [5.41, 5.74) is 5.31. The molecular formula is C15H13Cl2N3O3. The fraction of sp³-hybridized carbons (Fsp3) is 0.133. The minimum atomic E-state index is -0.495. The summed E-state index contributed by atoms with van der Waals surface area (Å²) in [5, 5.41) is 0.347. The van der Waals surface area contributed by atoms with Crippen molar-refractivity contribution >= 4 is 40.7 Å². The Morgan fingerprint density at radius 1 is 1.17 bits per heavy atom. The van der Waals surface area contributed by atoms with Crippen LogP contribution < -0.4 is 17.0 Å². The van der Waals surface area contributed by atoms with Crippen LogP contribution in [0.3, 0.4) is 0 Å². The van der Waals surface area contributed by atoms with Crippen LogP contribution >= 0.6 is 23.2 Å². The van der Waals surface area contributed by atoms with Crippen molar-refractivity contribution in [2.45, 2.75) is 0 Å². The van der Waals surface area contributed by atoms with Gasteiger partial charge in [0, 0.05) is 25.9 Å². The van der Waals surface area contributed by atoms with Gasteiger partial charge in [-0.3, -0.25) is 14.2 Å². The topological polar surface area (TPSA) is 87.1 Å². The van der Waals surface area contributed by atoms with Crippen molar-refractivity contribution < 1.29 is 4.79 Å². The van der Waals surface area contributed by atoms with Gasteiger partial charge < -0.3 is 10.3 Å². The van der Waals surface area contributed by atoms with Crippen LogP contribution in [0.5, 0.6) is 0 Å². The van der Waals surface area contributed by atoms with Crippen LogP contribution in [0.1, 0.15) is 15.9 Å². The predicted octanol–water partition coefficient (Wildman–Crippen LogP) is 1.87. The third kappa shape index (κ3) is 3.38. The quantitative estimate of drug-likeness (QED) is 0.518. The first-order valence-electron chi connectivity index (χ1n) is 6.46. The highest BCUT2D eigenvalue weighted by Gasteiger charge is 2.10. The zero-order valence-corrected chi connectivity index (χ0v) is 13.9. The Bertz CT molecular complexity index is 919. The number of anilines is 1. The van der Waals surface area contributed by atoms with Gasteiger partial charge in [-0.1, -0.05) is 23.2 Å². The average molecular weight is 354 g/mol. The molecule has 0 fully saturated rings. The van der Waals surface area contributed by atoms with Crippen LogP contribution in [0.2, 0.25) is 10.0 Å². The molecule has 2 aromatic rings. The highest BCUT2D eigenvalue weighted by atomic mass is 35.5. The van der Waals surface area contributed by atoms with E-state index in [1.165, 1.54) is 49.1 Å². The van der Waals surface area contributed by atoms with Gasteiger partial charge in [0.05, 0.1) is 21.3 Å². The Labute approximate surface area is 141 Å². The molecule has 0 atom stereocenters. The molecule has 0 aliphatic rings. The normalized spacial score (nSPS) is 11.1. The number of allylic oxidation sites excluding steroid dienone is 1. The standard InChI is InChI=1S/C15H13Cl2N3O3/c1-19-7-8(14(22)20(2)15(19)23)3-4-12(21)9-5-10(16)13(18)11(17)6-9/h3-7H,18H2,1-2H3/b4-3+. The van der Waals surface area contributed by atoms with Crippen molar-refractivity contribution in [2.24, 2.45) is 14.1 Å². The maximum atomic E-state index is 12.2. The van der Waals surface area contributed by atoms with Crippen molar-refractivity contribution in [1.29, 1.82) is 0 Å². The molecule has 0 amide bonds. The Hall–Kier alpha value is -2.31. The smallest absolute Gasteiger partial charge is 0.330 e. The molecule has 1 aromatic heterocycles. The summed E-state index contributed by atoms with van der Waals surface area (Å²) in [7, 11) is 2.88. The van der Waals surface area contributed by atoms with Crippen LogP contribution in [-0.4, -0.2) is 14.9 Å². The molecule has 8 heteroatoms. The van der Waals surface area contributed by atoms with E-state index in [0.717, 1.165) is 4.57 Å². The zero-order valence-electron chi connectivity index (χ0n) is 12.3. The van der Waals surface area contributed by atoms with E-state index in [4.69, 9.17) is 28.9 Å². The third-order valence-electron chi connectivity index (χ3n) is 3.25. The molecule has 0 saturated carbocycles. The Balaban J connectivity index is 2.40. The molecule has 0 aliphatic heterocycles. The minimum Gasteiger partial charge on any atom is -0.396 e. The number of carbonyl (C=O) groups is 1. The molecule has 0 bridgehead atoms. The molecule has 0 spiro atoms. The minimum absolute atomic E-state index is 0.173. The number of hydrogen-bond donors (Lipinski definition) is 1. The van der Waals surface area contributed by atoms with E-state index in [0.29, 0.717) is 0 Å². The van der Waals surface area contributed by atoms with E-state index in [9.17, 15) is 14.4 Å². The molecular weight excluding hydrogens is 341 g/mol. The second-order valence-electron chi connectivity index (χ2n) is 4.89. The monoisotopic (exact) mass is 353 g/mol. The van der Waals surface area contributed by atoms with Gasteiger partial charge in [0.15, 0.2) is 5.78 Å². The lowest BCUT2D eigenvalue weighted by atomic mass is 10.1. The van der Waals surface area contributed by atoms with Gasteiger partial charge in [0.1, 0.15) is 0 Å². The summed E-state index contributed by atoms with van der Waals surface area (Å²) in [6.07, 6.45) is 3.90. The largest absolute Gasteiger partial charge is 0.396 e. The maximum Gasteiger partial charge on any atom is 0.330 e. The van der Waals surface area contributed by atoms with Crippen LogP contribution in [0.4, 0.5) is 5.69 Å². The number of ketones is 1. The van der Waals surface area contributed by atoms with Gasteiger partial charge in [0.2, 0.25) is 0 Å². The SMILES string of the molecule is Cn1cc(/C=C/C(=O)c2cc(Cl)c(N)c(Cl)c2)c(=O)n(C)c1=O. The second-order valence-corrected chi connectivity index (χ2v) is 5.71. The van der Waals surface area contributed by atoms with E-state index in [1.807, 2.05) is 0 Å². The van der Waals surface area contributed by atoms with Gasteiger partial charge in [-0.05, 0) is 24.3 Å². The molecule has 1 heterocycles. The number of aromatic nitrogens is 2. The summed E-state index contributed by atoms with van der Waals surface area (Å²) in [6.45, 7) is 0. The van der Waals surface area contributed by atoms with Gasteiger partial charge in [0.25, 0.3) is 5.56 Å². The fourth-order valence-corrected chi connectivity index (χ4v) is 2.43. The lowest BCUT2D eigenvalue weighted by molar-refractivity contribution is 0.104.